The summed E-state index contributed by atoms with van der Waals surface area (Å²) in [6.07, 6.45) is 3.44. The number of aromatic nitrogens is 1. The summed E-state index contributed by atoms with van der Waals surface area (Å²) in [6, 6.07) is 3.69. The zero-order valence-electron chi connectivity index (χ0n) is 9.51. The Morgan fingerprint density at radius 2 is 1.82 bits per heavy atom. The van der Waals surface area contributed by atoms with E-state index in [0.717, 1.165) is 31.7 Å². The molecule has 1 atom stereocenters. The van der Waals surface area contributed by atoms with E-state index in [-0.39, 0.29) is 37.5 Å². The smallest absolute Gasteiger partial charge is 0.109 e. The minimum atomic E-state index is -0.329. The molecule has 0 spiro atoms. The van der Waals surface area contributed by atoms with E-state index in [0.29, 0.717) is 0 Å². The molecule has 1 N–H and O–H groups in total. The van der Waals surface area contributed by atoms with Crippen LogP contribution in [0.2, 0.25) is 0 Å². The van der Waals surface area contributed by atoms with Crippen LogP contribution in [0.15, 0.2) is 24.5 Å². The van der Waals surface area contributed by atoms with E-state index < -0.39 is 0 Å². The van der Waals surface area contributed by atoms with Gasteiger partial charge in [-0.25, -0.2) is 4.39 Å². The maximum atomic E-state index is 13.0. The SMILES string of the molecule is Cl.Cl.FC[C@H](c1ccncc1)N1CCNCC1. The monoisotopic (exact) mass is 281 g/mol. The summed E-state index contributed by atoms with van der Waals surface area (Å²) in [4.78, 5) is 6.14. The number of rotatable bonds is 3. The van der Waals surface area contributed by atoms with Crippen LogP contribution < -0.4 is 5.32 Å². The van der Waals surface area contributed by atoms with Crippen molar-refractivity contribution in [1.82, 2.24) is 15.2 Å². The maximum Gasteiger partial charge on any atom is 0.109 e. The Kier molecular flexibility index (Phi) is 8.43. The molecule has 98 valence electrons. The predicted molar refractivity (Wildman–Crippen MR) is 71.9 cm³/mol. The molecule has 6 heteroatoms. The Bertz CT molecular complexity index is 294. The first-order valence-corrected chi connectivity index (χ1v) is 5.32. The van der Waals surface area contributed by atoms with E-state index >= 15 is 0 Å². The molecule has 2 rings (SSSR count). The molecule has 1 fully saturated rings. The molecular weight excluding hydrogens is 264 g/mol. The molecule has 0 aromatic carbocycles. The van der Waals surface area contributed by atoms with Crippen molar-refractivity contribution in [2.45, 2.75) is 6.04 Å². The summed E-state index contributed by atoms with van der Waals surface area (Å²) < 4.78 is 13.0. The summed E-state index contributed by atoms with van der Waals surface area (Å²) in [5.41, 5.74) is 1.02. The molecule has 0 aliphatic carbocycles. The lowest BCUT2D eigenvalue weighted by molar-refractivity contribution is 0.147. The predicted octanol–water partition coefficient (Wildman–Crippen LogP) is 1.84. The van der Waals surface area contributed by atoms with Crippen LogP contribution in [0, 0.1) is 0 Å². The lowest BCUT2D eigenvalue weighted by Crippen LogP contribution is -2.45. The van der Waals surface area contributed by atoms with Crippen LogP contribution in [-0.2, 0) is 0 Å². The third-order valence-corrected chi connectivity index (χ3v) is 2.83. The fourth-order valence-corrected chi connectivity index (χ4v) is 1.98. The van der Waals surface area contributed by atoms with Gasteiger partial charge >= 0.3 is 0 Å². The van der Waals surface area contributed by atoms with Gasteiger partial charge in [0.2, 0.25) is 0 Å². The second kappa shape index (κ2) is 8.64. The highest BCUT2D eigenvalue weighted by Gasteiger charge is 2.21. The number of nitrogens with zero attached hydrogens (tertiary/aromatic N) is 2. The summed E-state index contributed by atoms with van der Waals surface area (Å²) in [5, 5.41) is 3.27. The Morgan fingerprint density at radius 3 is 2.35 bits per heavy atom. The molecule has 1 aliphatic heterocycles. The fraction of sp³-hybridized carbons (Fsp3) is 0.545. The number of nitrogens with one attached hydrogen (secondary N) is 1. The molecule has 1 saturated heterocycles. The molecule has 0 radical (unpaired) electrons. The van der Waals surface area contributed by atoms with Crippen LogP contribution in [0.3, 0.4) is 0 Å². The molecule has 0 saturated carbocycles. The van der Waals surface area contributed by atoms with Gasteiger partial charge < -0.3 is 5.32 Å². The van der Waals surface area contributed by atoms with Crippen LogP contribution in [0.4, 0.5) is 4.39 Å². The quantitative estimate of drug-likeness (QED) is 0.917. The Balaban J connectivity index is 0.00000128. The molecule has 0 unspecified atom stereocenters. The molecule has 1 aromatic heterocycles. The van der Waals surface area contributed by atoms with Crippen molar-refractivity contribution in [1.29, 1.82) is 0 Å². The summed E-state index contributed by atoms with van der Waals surface area (Å²) >= 11 is 0. The van der Waals surface area contributed by atoms with Gasteiger partial charge in [0.1, 0.15) is 6.67 Å². The number of piperazine rings is 1. The highest BCUT2D eigenvalue weighted by Crippen LogP contribution is 2.20. The van der Waals surface area contributed by atoms with Crippen molar-refractivity contribution < 1.29 is 4.39 Å². The summed E-state index contributed by atoms with van der Waals surface area (Å²) in [7, 11) is 0. The molecule has 1 aliphatic rings. The third kappa shape index (κ3) is 4.39. The summed E-state index contributed by atoms with van der Waals surface area (Å²) in [5.74, 6) is 0. The summed E-state index contributed by atoms with van der Waals surface area (Å²) in [6.45, 7) is 3.39. The van der Waals surface area contributed by atoms with Gasteiger partial charge in [0.05, 0.1) is 6.04 Å². The van der Waals surface area contributed by atoms with Crippen LogP contribution in [0.5, 0.6) is 0 Å². The van der Waals surface area contributed by atoms with Crippen LogP contribution in [0.1, 0.15) is 11.6 Å². The average molecular weight is 282 g/mol. The average Bonchev–Trinajstić information content (AvgIpc) is 2.33. The molecule has 3 nitrogen and oxygen atoms in total. The minimum Gasteiger partial charge on any atom is -0.314 e. The number of halogens is 3. The molecule has 2 heterocycles. The first-order chi connectivity index (χ1) is 7.42. The van der Waals surface area contributed by atoms with Gasteiger partial charge in [0.15, 0.2) is 0 Å². The maximum absolute atomic E-state index is 13.0. The zero-order chi connectivity index (χ0) is 10.5. The lowest BCUT2D eigenvalue weighted by atomic mass is 10.1. The molecular formula is C11H18Cl2FN3. The highest BCUT2D eigenvalue weighted by atomic mass is 35.5. The number of hydrogen-bond donors (Lipinski definition) is 1. The van der Waals surface area contributed by atoms with E-state index in [1.54, 1.807) is 12.4 Å². The van der Waals surface area contributed by atoms with Crippen molar-refractivity contribution in [3.63, 3.8) is 0 Å². The van der Waals surface area contributed by atoms with Gasteiger partial charge in [-0.3, -0.25) is 9.88 Å². The van der Waals surface area contributed by atoms with Crippen LogP contribution in [-0.4, -0.2) is 42.7 Å². The van der Waals surface area contributed by atoms with Gasteiger partial charge in [-0.1, -0.05) is 0 Å². The normalized spacial score (nSPS) is 17.7. The van der Waals surface area contributed by atoms with Crippen LogP contribution >= 0.6 is 24.8 Å². The van der Waals surface area contributed by atoms with Crippen molar-refractivity contribution in [2.24, 2.45) is 0 Å². The lowest BCUT2D eigenvalue weighted by Gasteiger charge is -2.33. The topological polar surface area (TPSA) is 28.2 Å². The molecule has 17 heavy (non-hydrogen) atoms. The van der Waals surface area contributed by atoms with Gasteiger partial charge in [0.25, 0.3) is 0 Å². The van der Waals surface area contributed by atoms with Gasteiger partial charge in [-0.15, -0.1) is 24.8 Å². The Morgan fingerprint density at radius 1 is 1.24 bits per heavy atom. The van der Waals surface area contributed by atoms with Crippen molar-refractivity contribution in [3.05, 3.63) is 30.1 Å². The minimum absolute atomic E-state index is 0. The van der Waals surface area contributed by atoms with Gasteiger partial charge in [-0.2, -0.15) is 0 Å². The second-order valence-electron chi connectivity index (χ2n) is 3.74. The van der Waals surface area contributed by atoms with Crippen LogP contribution in [0.25, 0.3) is 0 Å². The zero-order valence-corrected chi connectivity index (χ0v) is 11.1. The molecule has 0 amide bonds. The number of hydrogen-bond acceptors (Lipinski definition) is 3. The first kappa shape index (κ1) is 16.6. The second-order valence-corrected chi connectivity index (χ2v) is 3.74. The van der Waals surface area contributed by atoms with Crippen molar-refractivity contribution in [3.8, 4) is 0 Å². The van der Waals surface area contributed by atoms with E-state index in [2.05, 4.69) is 15.2 Å². The number of alkyl halides is 1. The molecule has 0 bridgehead atoms. The largest absolute Gasteiger partial charge is 0.314 e. The van der Waals surface area contributed by atoms with Crippen molar-refractivity contribution >= 4 is 24.8 Å². The van der Waals surface area contributed by atoms with E-state index in [9.17, 15) is 4.39 Å². The standard InChI is InChI=1S/C11H16FN3.2ClH/c12-9-11(10-1-3-13-4-2-10)15-7-5-14-6-8-15;;/h1-4,11,14H,5-9H2;2*1H/t11-;;/m1../s1. The van der Waals surface area contributed by atoms with E-state index in [1.165, 1.54) is 0 Å². The van der Waals surface area contributed by atoms with Crippen molar-refractivity contribution in [2.75, 3.05) is 32.9 Å². The third-order valence-electron chi connectivity index (χ3n) is 2.83. The number of pyridine rings is 1. The first-order valence-electron chi connectivity index (χ1n) is 5.32. The highest BCUT2D eigenvalue weighted by molar-refractivity contribution is 5.85. The Hall–Kier alpha value is -0.420. The Labute approximate surface area is 114 Å². The molecule has 1 aromatic rings. The van der Waals surface area contributed by atoms with Gasteiger partial charge in [-0.05, 0) is 17.7 Å². The fourth-order valence-electron chi connectivity index (χ4n) is 1.98. The van der Waals surface area contributed by atoms with E-state index in [1.807, 2.05) is 12.1 Å². The van der Waals surface area contributed by atoms with Gasteiger partial charge in [0, 0.05) is 38.6 Å². The van der Waals surface area contributed by atoms with E-state index in [4.69, 9.17) is 0 Å².